The van der Waals surface area contributed by atoms with Crippen LogP contribution < -0.4 is 5.43 Å². The van der Waals surface area contributed by atoms with E-state index in [0.717, 1.165) is 4.32 Å². The third-order valence-corrected chi connectivity index (χ3v) is 3.56. The van der Waals surface area contributed by atoms with Gasteiger partial charge in [0.15, 0.2) is 0 Å². The van der Waals surface area contributed by atoms with Crippen LogP contribution in [0.4, 0.5) is 0 Å². The first-order valence-electron chi connectivity index (χ1n) is 2.56. The minimum absolute atomic E-state index is 0.779. The summed E-state index contributed by atoms with van der Waals surface area (Å²) >= 11 is 6.82. The van der Waals surface area contributed by atoms with Gasteiger partial charge in [-0.15, -0.1) is 0 Å². The summed E-state index contributed by atoms with van der Waals surface area (Å²) in [5.74, 6) is 0. The second-order valence-corrected chi connectivity index (χ2v) is 4.04. The van der Waals surface area contributed by atoms with E-state index in [2.05, 4.69) is 5.43 Å². The Hall–Kier alpha value is 0.208. The molecule has 0 atom stereocenters. The van der Waals surface area contributed by atoms with Gasteiger partial charge in [0.1, 0.15) is 0 Å². The van der Waals surface area contributed by atoms with Crippen LogP contribution in [0.5, 0.6) is 0 Å². The first kappa shape index (κ1) is 8.31. The Bertz CT molecular complexity index is 209. The monoisotopic (exact) mass is 255 g/mol. The molecule has 1 rings (SSSR count). The Kier molecular flexibility index (Phi) is 3.46. The summed E-state index contributed by atoms with van der Waals surface area (Å²) in [6.45, 7) is 0. The molecule has 0 aliphatic heterocycles. The van der Waals surface area contributed by atoms with Crippen molar-refractivity contribution in [2.45, 2.75) is 0 Å². The molecule has 1 aromatic heterocycles. The van der Waals surface area contributed by atoms with Crippen molar-refractivity contribution in [1.29, 1.82) is 0 Å². The van der Waals surface area contributed by atoms with Gasteiger partial charge in [-0.1, -0.05) is 0 Å². The van der Waals surface area contributed by atoms with Crippen LogP contribution in [-0.2, 0) is 18.5 Å². The van der Waals surface area contributed by atoms with Crippen molar-refractivity contribution in [2.75, 3.05) is 5.43 Å². The zero-order valence-electron chi connectivity index (χ0n) is 4.98. The van der Waals surface area contributed by atoms with Crippen LogP contribution in [0.15, 0.2) is 24.5 Å². The van der Waals surface area contributed by atoms with Crippen LogP contribution in [-0.4, -0.2) is 9.00 Å². The fraction of sp³-hybridized carbons (Fsp3) is 0. The van der Waals surface area contributed by atoms with Gasteiger partial charge in [0, 0.05) is 0 Å². The molecular weight excluding hydrogens is 248 g/mol. The number of hydrogen-bond donors (Lipinski definition) is 1. The van der Waals surface area contributed by atoms with Crippen LogP contribution in [0.2, 0.25) is 0 Å². The molecule has 2 nitrogen and oxygen atoms in total. The molecule has 0 saturated heterocycles. The Labute approximate surface area is 78.9 Å². The van der Waals surface area contributed by atoms with Crippen molar-refractivity contribution < 1.29 is 18.5 Å². The molecule has 5 heteroatoms. The summed E-state index contributed by atoms with van der Waals surface area (Å²) < 4.78 is 2.60. The van der Waals surface area contributed by atoms with E-state index in [0.29, 0.717) is 0 Å². The molecule has 0 aliphatic carbocycles. The molecule has 0 bridgehead atoms. The average Bonchev–Trinajstić information content (AvgIpc) is 2.40. The van der Waals surface area contributed by atoms with Crippen molar-refractivity contribution in [3.05, 3.63) is 24.5 Å². The normalized spacial score (nSPS) is 9.20. The summed E-state index contributed by atoms with van der Waals surface area (Å²) in [4.78, 5) is 0. The van der Waals surface area contributed by atoms with Crippen LogP contribution in [0.3, 0.4) is 0 Å². The molecule has 0 saturated carbocycles. The van der Waals surface area contributed by atoms with Gasteiger partial charge in [0.25, 0.3) is 0 Å². The standard InChI is InChI=1S/C5H6N2S2.Mo/c8-5(9)6-7-3-1-2-4-7;/h1-4H,(H2,6,8,9);/q;+1/p-1. The van der Waals surface area contributed by atoms with Crippen LogP contribution in [0.1, 0.15) is 0 Å². The summed E-state index contributed by atoms with van der Waals surface area (Å²) in [5.41, 5.74) is 2.99. The molecule has 0 amide bonds. The summed E-state index contributed by atoms with van der Waals surface area (Å²) in [5, 5.41) is 0. The molecule has 1 aromatic rings. The number of nitrogens with zero attached hydrogens (tertiary/aromatic N) is 1. The van der Waals surface area contributed by atoms with E-state index < -0.39 is 0 Å². The first-order valence-corrected chi connectivity index (χ1v) is 6.17. The summed E-state index contributed by atoms with van der Waals surface area (Å²) in [6, 6.07) is 3.88. The summed E-state index contributed by atoms with van der Waals surface area (Å²) in [7, 11) is 1.53. The van der Waals surface area contributed by atoms with Crippen molar-refractivity contribution in [2.24, 2.45) is 0 Å². The third-order valence-electron chi connectivity index (χ3n) is 0.901. The number of aromatic nitrogens is 1. The maximum atomic E-state index is 4.94. The van der Waals surface area contributed by atoms with E-state index in [1.54, 1.807) is 0 Å². The first-order chi connectivity index (χ1) is 4.83. The zero-order valence-corrected chi connectivity index (χ0v) is 8.62. The number of thiocarbonyl (C=S) groups is 1. The topological polar surface area (TPSA) is 17.0 Å². The molecule has 0 radical (unpaired) electrons. The van der Waals surface area contributed by atoms with E-state index >= 15 is 0 Å². The molecule has 10 heavy (non-hydrogen) atoms. The van der Waals surface area contributed by atoms with E-state index in [1.807, 2.05) is 47.7 Å². The average molecular weight is 253 g/mol. The fourth-order valence-electron chi connectivity index (χ4n) is 0.533. The van der Waals surface area contributed by atoms with Crippen LogP contribution in [0, 0.1) is 0 Å². The Morgan fingerprint density at radius 1 is 1.50 bits per heavy atom. The molecular formula is C5H5MoN2S2. The Morgan fingerprint density at radius 3 is 2.60 bits per heavy atom. The van der Waals surface area contributed by atoms with Gasteiger partial charge in [-0.3, -0.25) is 0 Å². The van der Waals surface area contributed by atoms with Gasteiger partial charge >= 0.3 is 79.2 Å². The van der Waals surface area contributed by atoms with Gasteiger partial charge in [-0.25, -0.2) is 0 Å². The Morgan fingerprint density at radius 2 is 2.10 bits per heavy atom. The Balaban J connectivity index is 2.48. The van der Waals surface area contributed by atoms with Crippen molar-refractivity contribution >= 4 is 26.0 Å². The predicted octanol–water partition coefficient (Wildman–Crippen LogP) is 1.51. The molecule has 1 N–H and O–H groups in total. The molecule has 0 unspecified atom stereocenters. The molecule has 0 fully saturated rings. The third kappa shape index (κ3) is 2.44. The molecule has 0 aliphatic rings. The summed E-state index contributed by atoms with van der Waals surface area (Å²) in [6.07, 6.45) is 3.81. The fourth-order valence-corrected chi connectivity index (χ4v) is 1.06. The van der Waals surface area contributed by atoms with Crippen molar-refractivity contribution in [3.63, 3.8) is 0 Å². The SMILES string of the molecule is S=C(Nn1cccc1)[S][Mo]. The molecule has 53 valence electrons. The van der Waals surface area contributed by atoms with Crippen LogP contribution >= 0.6 is 21.7 Å². The molecule has 1 heterocycles. The number of nitrogens with one attached hydrogen (secondary N) is 1. The van der Waals surface area contributed by atoms with E-state index in [-0.39, 0.29) is 0 Å². The number of rotatable bonds is 1. The van der Waals surface area contributed by atoms with Crippen molar-refractivity contribution in [3.8, 4) is 0 Å². The second-order valence-electron chi connectivity index (χ2n) is 1.57. The molecule has 0 aromatic carbocycles. The van der Waals surface area contributed by atoms with E-state index in [9.17, 15) is 0 Å². The predicted molar refractivity (Wildman–Crippen MR) is 44.0 cm³/mol. The maximum absolute atomic E-state index is 4.94. The number of hydrogen-bond acceptors (Lipinski definition) is 2. The van der Waals surface area contributed by atoms with Gasteiger partial charge < -0.3 is 0 Å². The second kappa shape index (κ2) is 4.16. The molecule has 0 spiro atoms. The van der Waals surface area contributed by atoms with Crippen LogP contribution in [0.25, 0.3) is 0 Å². The zero-order chi connectivity index (χ0) is 7.40. The van der Waals surface area contributed by atoms with E-state index in [1.165, 1.54) is 9.47 Å². The van der Waals surface area contributed by atoms with Gasteiger partial charge in [-0.2, -0.15) is 0 Å². The van der Waals surface area contributed by atoms with Gasteiger partial charge in [0.2, 0.25) is 0 Å². The van der Waals surface area contributed by atoms with Crippen molar-refractivity contribution in [1.82, 2.24) is 4.68 Å². The minimum atomic E-state index is 0.779. The van der Waals surface area contributed by atoms with Gasteiger partial charge in [0.05, 0.1) is 0 Å². The van der Waals surface area contributed by atoms with E-state index in [4.69, 9.17) is 12.2 Å². The van der Waals surface area contributed by atoms with Gasteiger partial charge in [-0.05, 0) is 0 Å². The quantitative estimate of drug-likeness (QED) is 0.604.